The Hall–Kier alpha value is -1.51. The number of amides is 1. The molecule has 1 amide bonds. The summed E-state index contributed by atoms with van der Waals surface area (Å²) in [5.74, 6) is 0.653. The first-order chi connectivity index (χ1) is 6.77. The van der Waals surface area contributed by atoms with Crippen LogP contribution < -0.4 is 10.1 Å². The topological polar surface area (TPSA) is 38.3 Å². The first kappa shape index (κ1) is 10.6. The van der Waals surface area contributed by atoms with E-state index >= 15 is 0 Å². The van der Waals surface area contributed by atoms with Gasteiger partial charge in [0.15, 0.2) is 0 Å². The van der Waals surface area contributed by atoms with Gasteiger partial charge in [-0.25, -0.2) is 0 Å². The average Bonchev–Trinajstić information content (AvgIpc) is 2.25. The van der Waals surface area contributed by atoms with Crippen LogP contribution >= 0.6 is 0 Å². The highest BCUT2D eigenvalue weighted by Crippen LogP contribution is 2.13. The molecule has 0 unspecified atom stereocenters. The molecule has 0 spiro atoms. The molecule has 3 heteroatoms. The number of hydrogen-bond acceptors (Lipinski definition) is 2. The van der Waals surface area contributed by atoms with E-state index in [1.165, 1.54) is 0 Å². The van der Waals surface area contributed by atoms with Crippen LogP contribution in [0.4, 0.5) is 0 Å². The van der Waals surface area contributed by atoms with E-state index in [1.807, 2.05) is 19.1 Å². The number of carbonyl (C=O) groups is 1. The van der Waals surface area contributed by atoms with Crippen molar-refractivity contribution in [1.29, 1.82) is 0 Å². The second kappa shape index (κ2) is 5.27. The van der Waals surface area contributed by atoms with Crippen LogP contribution in [0.3, 0.4) is 0 Å². The summed E-state index contributed by atoms with van der Waals surface area (Å²) in [6.07, 6.45) is 0.963. The van der Waals surface area contributed by atoms with E-state index in [0.717, 1.165) is 12.2 Å². The smallest absolute Gasteiger partial charge is 0.251 e. The van der Waals surface area contributed by atoms with E-state index < -0.39 is 0 Å². The maximum atomic E-state index is 11.3. The summed E-state index contributed by atoms with van der Waals surface area (Å²) in [6.45, 7) is 2.72. The van der Waals surface area contributed by atoms with Crippen molar-refractivity contribution in [1.82, 2.24) is 5.32 Å². The summed E-state index contributed by atoms with van der Waals surface area (Å²) in [5.41, 5.74) is 0.626. The SMILES string of the molecule is CCCOc1cccc(C(=O)NC)c1. The molecule has 0 saturated carbocycles. The summed E-state index contributed by atoms with van der Waals surface area (Å²) in [5, 5.41) is 2.57. The predicted molar refractivity (Wildman–Crippen MR) is 55.6 cm³/mol. The van der Waals surface area contributed by atoms with E-state index in [1.54, 1.807) is 19.2 Å². The molecule has 0 aliphatic carbocycles. The molecule has 14 heavy (non-hydrogen) atoms. The molecule has 0 saturated heterocycles. The average molecular weight is 193 g/mol. The summed E-state index contributed by atoms with van der Waals surface area (Å²) in [7, 11) is 1.61. The minimum absolute atomic E-state index is 0.0908. The van der Waals surface area contributed by atoms with Crippen molar-refractivity contribution in [2.45, 2.75) is 13.3 Å². The third-order valence-corrected chi connectivity index (χ3v) is 1.80. The molecule has 0 fully saturated rings. The van der Waals surface area contributed by atoms with Gasteiger partial charge in [-0.2, -0.15) is 0 Å². The fraction of sp³-hybridized carbons (Fsp3) is 0.364. The Morgan fingerprint density at radius 2 is 2.29 bits per heavy atom. The number of hydrogen-bond donors (Lipinski definition) is 1. The molecule has 0 radical (unpaired) electrons. The number of ether oxygens (including phenoxy) is 1. The Morgan fingerprint density at radius 1 is 1.50 bits per heavy atom. The van der Waals surface area contributed by atoms with Crippen molar-refractivity contribution in [3.63, 3.8) is 0 Å². The van der Waals surface area contributed by atoms with Crippen molar-refractivity contribution in [3.8, 4) is 5.75 Å². The quantitative estimate of drug-likeness (QED) is 0.792. The van der Waals surface area contributed by atoms with Gasteiger partial charge in [0.05, 0.1) is 6.61 Å². The molecule has 0 aromatic heterocycles. The highest BCUT2D eigenvalue weighted by Gasteiger charge is 2.03. The third kappa shape index (κ3) is 2.76. The van der Waals surface area contributed by atoms with Crippen LogP contribution in [0.2, 0.25) is 0 Å². The Labute approximate surface area is 84.1 Å². The van der Waals surface area contributed by atoms with Gasteiger partial charge in [-0.3, -0.25) is 4.79 Å². The Kier molecular flexibility index (Phi) is 3.98. The van der Waals surface area contributed by atoms with Crippen LogP contribution in [0.25, 0.3) is 0 Å². The zero-order chi connectivity index (χ0) is 10.4. The van der Waals surface area contributed by atoms with Crippen molar-refractivity contribution in [2.24, 2.45) is 0 Å². The van der Waals surface area contributed by atoms with Gasteiger partial charge in [0.2, 0.25) is 0 Å². The van der Waals surface area contributed by atoms with E-state index in [-0.39, 0.29) is 5.91 Å². The van der Waals surface area contributed by atoms with E-state index in [4.69, 9.17) is 4.74 Å². The highest BCUT2D eigenvalue weighted by molar-refractivity contribution is 5.94. The lowest BCUT2D eigenvalue weighted by Gasteiger charge is -2.05. The first-order valence-electron chi connectivity index (χ1n) is 4.73. The minimum atomic E-state index is -0.0908. The number of rotatable bonds is 4. The van der Waals surface area contributed by atoms with Crippen LogP contribution in [-0.4, -0.2) is 19.6 Å². The third-order valence-electron chi connectivity index (χ3n) is 1.80. The van der Waals surface area contributed by atoms with Gasteiger partial charge in [0.25, 0.3) is 5.91 Å². The second-order valence-corrected chi connectivity index (χ2v) is 2.96. The van der Waals surface area contributed by atoms with Gasteiger partial charge in [0.1, 0.15) is 5.75 Å². The molecule has 1 aromatic rings. The van der Waals surface area contributed by atoms with Crippen molar-refractivity contribution < 1.29 is 9.53 Å². The van der Waals surface area contributed by atoms with Gasteiger partial charge in [-0.1, -0.05) is 13.0 Å². The molecule has 76 valence electrons. The number of benzene rings is 1. The molecular weight excluding hydrogens is 178 g/mol. The first-order valence-corrected chi connectivity index (χ1v) is 4.73. The van der Waals surface area contributed by atoms with Gasteiger partial charge >= 0.3 is 0 Å². The lowest BCUT2D eigenvalue weighted by atomic mass is 10.2. The van der Waals surface area contributed by atoms with Crippen LogP contribution in [-0.2, 0) is 0 Å². The minimum Gasteiger partial charge on any atom is -0.494 e. The standard InChI is InChI=1S/C11H15NO2/c1-3-7-14-10-6-4-5-9(8-10)11(13)12-2/h4-6,8H,3,7H2,1-2H3,(H,12,13). The van der Waals surface area contributed by atoms with E-state index in [2.05, 4.69) is 5.32 Å². The fourth-order valence-electron chi connectivity index (χ4n) is 1.09. The zero-order valence-corrected chi connectivity index (χ0v) is 8.54. The molecule has 1 aromatic carbocycles. The Bertz CT molecular complexity index is 310. The molecule has 0 aliphatic heterocycles. The Morgan fingerprint density at radius 3 is 2.93 bits per heavy atom. The van der Waals surface area contributed by atoms with E-state index in [9.17, 15) is 4.79 Å². The molecule has 1 rings (SSSR count). The Balaban J connectivity index is 2.73. The molecule has 0 atom stereocenters. The maximum Gasteiger partial charge on any atom is 0.251 e. The van der Waals surface area contributed by atoms with Gasteiger partial charge < -0.3 is 10.1 Å². The summed E-state index contributed by atoms with van der Waals surface area (Å²) in [4.78, 5) is 11.3. The molecule has 1 N–H and O–H groups in total. The molecule has 0 aliphatic rings. The van der Waals surface area contributed by atoms with Crippen LogP contribution in [0.5, 0.6) is 5.75 Å². The lowest BCUT2D eigenvalue weighted by Crippen LogP contribution is -2.17. The second-order valence-electron chi connectivity index (χ2n) is 2.96. The van der Waals surface area contributed by atoms with Crippen molar-refractivity contribution in [3.05, 3.63) is 29.8 Å². The lowest BCUT2D eigenvalue weighted by molar-refractivity contribution is 0.0962. The molecular formula is C11H15NO2. The highest BCUT2D eigenvalue weighted by atomic mass is 16.5. The molecule has 0 heterocycles. The normalized spacial score (nSPS) is 9.57. The van der Waals surface area contributed by atoms with E-state index in [0.29, 0.717) is 12.2 Å². The summed E-state index contributed by atoms with van der Waals surface area (Å²) in [6, 6.07) is 7.17. The summed E-state index contributed by atoms with van der Waals surface area (Å²) < 4.78 is 5.41. The van der Waals surface area contributed by atoms with Crippen molar-refractivity contribution in [2.75, 3.05) is 13.7 Å². The van der Waals surface area contributed by atoms with Crippen LogP contribution in [0.1, 0.15) is 23.7 Å². The fourth-order valence-corrected chi connectivity index (χ4v) is 1.09. The number of carbonyl (C=O) groups excluding carboxylic acids is 1. The largest absolute Gasteiger partial charge is 0.494 e. The van der Waals surface area contributed by atoms with Crippen LogP contribution in [0.15, 0.2) is 24.3 Å². The van der Waals surface area contributed by atoms with Gasteiger partial charge in [0, 0.05) is 12.6 Å². The van der Waals surface area contributed by atoms with Gasteiger partial charge in [-0.15, -0.1) is 0 Å². The monoisotopic (exact) mass is 193 g/mol. The number of nitrogens with one attached hydrogen (secondary N) is 1. The summed E-state index contributed by atoms with van der Waals surface area (Å²) >= 11 is 0. The molecule has 0 bridgehead atoms. The zero-order valence-electron chi connectivity index (χ0n) is 8.54. The van der Waals surface area contributed by atoms with Gasteiger partial charge in [-0.05, 0) is 24.6 Å². The van der Waals surface area contributed by atoms with Crippen LogP contribution in [0, 0.1) is 0 Å². The van der Waals surface area contributed by atoms with Crippen molar-refractivity contribution >= 4 is 5.91 Å². The maximum absolute atomic E-state index is 11.3. The predicted octanol–water partition coefficient (Wildman–Crippen LogP) is 1.83. The molecule has 3 nitrogen and oxygen atoms in total.